The predicted molar refractivity (Wildman–Crippen MR) is 69.6 cm³/mol. The molecule has 2 unspecified atom stereocenters. The van der Waals surface area contributed by atoms with Crippen LogP contribution in [0.15, 0.2) is 24.3 Å². The summed E-state index contributed by atoms with van der Waals surface area (Å²) < 4.78 is 13.8. The first-order valence-corrected chi connectivity index (χ1v) is 6.44. The molecule has 0 aliphatic carbocycles. The molecule has 0 radical (unpaired) electrons. The SMILES string of the molecule is CC1(O)CCCN(C(CN)c2ccccc2F)C1. The zero-order chi connectivity index (χ0) is 13.2. The summed E-state index contributed by atoms with van der Waals surface area (Å²) in [5.74, 6) is -0.224. The van der Waals surface area contributed by atoms with E-state index in [-0.39, 0.29) is 11.9 Å². The molecular formula is C14H21FN2O. The van der Waals surface area contributed by atoms with E-state index in [1.54, 1.807) is 12.1 Å². The van der Waals surface area contributed by atoms with E-state index in [0.717, 1.165) is 19.4 Å². The zero-order valence-corrected chi connectivity index (χ0v) is 10.8. The number of nitrogens with zero attached hydrogens (tertiary/aromatic N) is 1. The highest BCUT2D eigenvalue weighted by molar-refractivity contribution is 5.22. The van der Waals surface area contributed by atoms with Crippen molar-refractivity contribution in [2.24, 2.45) is 5.73 Å². The van der Waals surface area contributed by atoms with Gasteiger partial charge in [0, 0.05) is 18.7 Å². The summed E-state index contributed by atoms with van der Waals surface area (Å²) >= 11 is 0. The van der Waals surface area contributed by atoms with Crippen molar-refractivity contribution in [1.82, 2.24) is 4.90 Å². The number of likely N-dealkylation sites (tertiary alicyclic amines) is 1. The summed E-state index contributed by atoms with van der Waals surface area (Å²) in [6.45, 7) is 3.58. The molecule has 0 aromatic heterocycles. The number of β-amino-alcohol motifs (C(OH)–C–C–N with tert-alkyl or cyclic N) is 1. The normalized spacial score (nSPS) is 27.1. The molecule has 2 rings (SSSR count). The molecule has 3 nitrogen and oxygen atoms in total. The Bertz CT molecular complexity index is 409. The van der Waals surface area contributed by atoms with E-state index in [4.69, 9.17) is 5.73 Å². The molecule has 4 heteroatoms. The first kappa shape index (κ1) is 13.5. The lowest BCUT2D eigenvalue weighted by Gasteiger charge is -2.41. The van der Waals surface area contributed by atoms with Crippen LogP contribution in [0.1, 0.15) is 31.4 Å². The smallest absolute Gasteiger partial charge is 0.128 e. The number of hydrogen-bond donors (Lipinski definition) is 2. The number of halogens is 1. The standard InChI is InChI=1S/C14H21FN2O/c1-14(18)7-4-8-17(10-14)13(9-16)11-5-2-3-6-12(11)15/h2-3,5-6,13,18H,4,7-10,16H2,1H3. The fourth-order valence-electron chi connectivity index (χ4n) is 2.74. The molecule has 1 aromatic carbocycles. The summed E-state index contributed by atoms with van der Waals surface area (Å²) in [7, 11) is 0. The molecule has 3 N–H and O–H groups in total. The van der Waals surface area contributed by atoms with Crippen LogP contribution in [0.5, 0.6) is 0 Å². The maximum Gasteiger partial charge on any atom is 0.128 e. The zero-order valence-electron chi connectivity index (χ0n) is 10.8. The molecule has 0 spiro atoms. The molecule has 1 heterocycles. The Morgan fingerprint density at radius 2 is 2.22 bits per heavy atom. The van der Waals surface area contributed by atoms with Crippen molar-refractivity contribution in [1.29, 1.82) is 0 Å². The van der Waals surface area contributed by atoms with Gasteiger partial charge < -0.3 is 10.8 Å². The van der Waals surface area contributed by atoms with Crippen molar-refractivity contribution in [3.8, 4) is 0 Å². The van der Waals surface area contributed by atoms with Gasteiger partial charge in [-0.3, -0.25) is 4.90 Å². The average Bonchev–Trinajstić information content (AvgIpc) is 2.31. The maximum absolute atomic E-state index is 13.8. The molecule has 0 saturated carbocycles. The number of nitrogens with two attached hydrogens (primary N) is 1. The Balaban J connectivity index is 2.21. The van der Waals surface area contributed by atoms with Crippen LogP contribution < -0.4 is 5.73 Å². The number of benzene rings is 1. The minimum absolute atomic E-state index is 0.155. The second-order valence-electron chi connectivity index (χ2n) is 5.34. The van der Waals surface area contributed by atoms with Crippen LogP contribution in [0.3, 0.4) is 0 Å². The lowest BCUT2D eigenvalue weighted by atomic mass is 9.92. The van der Waals surface area contributed by atoms with Gasteiger partial charge in [-0.25, -0.2) is 4.39 Å². The Morgan fingerprint density at radius 3 is 2.83 bits per heavy atom. The average molecular weight is 252 g/mol. The molecule has 100 valence electrons. The minimum Gasteiger partial charge on any atom is -0.389 e. The molecular weight excluding hydrogens is 231 g/mol. The lowest BCUT2D eigenvalue weighted by Crippen LogP contribution is -2.49. The third-order valence-corrected chi connectivity index (χ3v) is 3.63. The molecule has 0 bridgehead atoms. The van der Waals surface area contributed by atoms with Gasteiger partial charge in [-0.1, -0.05) is 18.2 Å². The monoisotopic (exact) mass is 252 g/mol. The highest BCUT2D eigenvalue weighted by atomic mass is 19.1. The van der Waals surface area contributed by atoms with Gasteiger partial charge in [-0.2, -0.15) is 0 Å². The van der Waals surface area contributed by atoms with Gasteiger partial charge >= 0.3 is 0 Å². The number of aliphatic hydroxyl groups is 1. The summed E-state index contributed by atoms with van der Waals surface area (Å²) in [5, 5.41) is 10.1. The third kappa shape index (κ3) is 2.88. The number of piperidine rings is 1. The van der Waals surface area contributed by atoms with Gasteiger partial charge in [-0.15, -0.1) is 0 Å². The quantitative estimate of drug-likeness (QED) is 0.860. The molecule has 0 amide bonds. The van der Waals surface area contributed by atoms with E-state index < -0.39 is 5.60 Å². The lowest BCUT2D eigenvalue weighted by molar-refractivity contribution is -0.0297. The second kappa shape index (κ2) is 5.34. The Kier molecular flexibility index (Phi) is 4.00. The van der Waals surface area contributed by atoms with Crippen molar-refractivity contribution in [3.05, 3.63) is 35.6 Å². The summed E-state index contributed by atoms with van der Waals surface area (Å²) in [6.07, 6.45) is 1.70. The highest BCUT2D eigenvalue weighted by Gasteiger charge is 2.32. The maximum atomic E-state index is 13.8. The number of rotatable bonds is 3. The van der Waals surface area contributed by atoms with Crippen molar-refractivity contribution < 1.29 is 9.50 Å². The number of hydrogen-bond acceptors (Lipinski definition) is 3. The van der Waals surface area contributed by atoms with Crippen molar-refractivity contribution in [3.63, 3.8) is 0 Å². The van der Waals surface area contributed by atoms with E-state index >= 15 is 0 Å². The van der Waals surface area contributed by atoms with Crippen molar-refractivity contribution in [2.45, 2.75) is 31.4 Å². The Labute approximate surface area is 107 Å². The molecule has 1 aliphatic rings. The van der Waals surface area contributed by atoms with E-state index in [1.807, 2.05) is 13.0 Å². The Morgan fingerprint density at radius 1 is 1.50 bits per heavy atom. The van der Waals surface area contributed by atoms with Crippen LogP contribution in [-0.2, 0) is 0 Å². The molecule has 1 aliphatic heterocycles. The van der Waals surface area contributed by atoms with Crippen molar-refractivity contribution in [2.75, 3.05) is 19.6 Å². The molecule has 1 aromatic rings. The van der Waals surface area contributed by atoms with Gasteiger partial charge in [0.05, 0.1) is 11.6 Å². The van der Waals surface area contributed by atoms with Crippen LogP contribution >= 0.6 is 0 Å². The topological polar surface area (TPSA) is 49.5 Å². The summed E-state index contributed by atoms with van der Waals surface area (Å²) in [5.41, 5.74) is 5.73. The van der Waals surface area contributed by atoms with E-state index in [0.29, 0.717) is 18.7 Å². The molecule has 1 fully saturated rings. The fourth-order valence-corrected chi connectivity index (χ4v) is 2.74. The van der Waals surface area contributed by atoms with Gasteiger partial charge in [0.1, 0.15) is 5.82 Å². The van der Waals surface area contributed by atoms with E-state index in [9.17, 15) is 9.50 Å². The van der Waals surface area contributed by atoms with Crippen LogP contribution in [0, 0.1) is 5.82 Å². The minimum atomic E-state index is -0.697. The van der Waals surface area contributed by atoms with Gasteiger partial charge in [0.2, 0.25) is 0 Å². The van der Waals surface area contributed by atoms with Gasteiger partial charge in [-0.05, 0) is 32.4 Å². The fraction of sp³-hybridized carbons (Fsp3) is 0.571. The molecule has 1 saturated heterocycles. The summed E-state index contributed by atoms with van der Waals surface area (Å²) in [6, 6.07) is 6.58. The first-order valence-electron chi connectivity index (χ1n) is 6.44. The molecule has 18 heavy (non-hydrogen) atoms. The predicted octanol–water partition coefficient (Wildman–Crippen LogP) is 1.67. The van der Waals surface area contributed by atoms with E-state index in [1.165, 1.54) is 6.07 Å². The van der Waals surface area contributed by atoms with Crippen LogP contribution in [0.4, 0.5) is 4.39 Å². The van der Waals surface area contributed by atoms with Crippen LogP contribution in [-0.4, -0.2) is 35.2 Å². The third-order valence-electron chi connectivity index (χ3n) is 3.63. The van der Waals surface area contributed by atoms with Crippen LogP contribution in [0.25, 0.3) is 0 Å². The van der Waals surface area contributed by atoms with Gasteiger partial charge in [0.15, 0.2) is 0 Å². The van der Waals surface area contributed by atoms with E-state index in [2.05, 4.69) is 4.90 Å². The van der Waals surface area contributed by atoms with Crippen molar-refractivity contribution >= 4 is 0 Å². The summed E-state index contributed by atoms with van der Waals surface area (Å²) in [4.78, 5) is 2.09. The second-order valence-corrected chi connectivity index (χ2v) is 5.34. The van der Waals surface area contributed by atoms with Crippen LogP contribution in [0.2, 0.25) is 0 Å². The van der Waals surface area contributed by atoms with Gasteiger partial charge in [0.25, 0.3) is 0 Å². The first-order chi connectivity index (χ1) is 8.53. The highest BCUT2D eigenvalue weighted by Crippen LogP contribution is 2.29. The molecule has 2 atom stereocenters. The largest absolute Gasteiger partial charge is 0.389 e. The Hall–Kier alpha value is -0.970.